The van der Waals surface area contributed by atoms with Crippen LogP contribution >= 0.6 is 10.3 Å². The lowest BCUT2D eigenvalue weighted by Crippen LogP contribution is -2.63. The van der Waals surface area contributed by atoms with Crippen LogP contribution in [0.4, 0.5) is 39.5 Å². The molecular formula is C42H33F9O7S2. The minimum atomic E-state index is -7.51. The minimum absolute atomic E-state index is 0.0835. The average molecular weight is 885 g/mol. The van der Waals surface area contributed by atoms with Crippen molar-refractivity contribution < 1.29 is 70.5 Å². The van der Waals surface area contributed by atoms with Crippen molar-refractivity contribution in [3.63, 3.8) is 0 Å². The van der Waals surface area contributed by atoms with Gasteiger partial charge >= 0.3 is 33.4 Å². The van der Waals surface area contributed by atoms with Crippen molar-refractivity contribution in [2.75, 3.05) is 21.3 Å². The Bertz CT molecular complexity index is 2500. The summed E-state index contributed by atoms with van der Waals surface area (Å²) in [7, 11) is -7.04. The molecule has 0 saturated heterocycles. The number of hydrogen-bond acceptors (Lipinski definition) is 7. The van der Waals surface area contributed by atoms with E-state index in [1.165, 1.54) is 87.0 Å². The monoisotopic (exact) mass is 884 g/mol. The van der Waals surface area contributed by atoms with Crippen LogP contribution in [0, 0.1) is 0 Å². The lowest BCUT2D eigenvalue weighted by molar-refractivity contribution is -0.382. The SMILES string of the molecule is COc1ccc2cc(C(OC)(OC)c3ccc(Oc4ccc(S(OS(=O)(=O)C(F)(F)C(F)(F)C(F)(F)C(F)(F)F)(c5ccccc5)c5ccccc5)cc4)cc3)ccc2c1. The molecule has 0 amide bonds. The molecule has 0 saturated carbocycles. The predicted molar refractivity (Wildman–Crippen MR) is 204 cm³/mol. The molecule has 0 unspecified atom stereocenters. The van der Waals surface area contributed by atoms with E-state index in [1.807, 2.05) is 36.4 Å². The Balaban J connectivity index is 1.37. The molecule has 0 spiro atoms. The van der Waals surface area contributed by atoms with Crippen LogP contribution in [-0.2, 0) is 29.0 Å². The fourth-order valence-electron chi connectivity index (χ4n) is 6.30. The highest BCUT2D eigenvalue weighted by molar-refractivity contribution is 8.33. The van der Waals surface area contributed by atoms with Crippen LogP contribution in [0.1, 0.15) is 11.1 Å². The summed E-state index contributed by atoms with van der Waals surface area (Å²) in [6.07, 6.45) is -7.27. The van der Waals surface area contributed by atoms with Gasteiger partial charge in [-0.1, -0.05) is 54.6 Å². The largest absolute Gasteiger partial charge is 0.497 e. The van der Waals surface area contributed by atoms with E-state index in [4.69, 9.17) is 22.6 Å². The van der Waals surface area contributed by atoms with Gasteiger partial charge in [-0.25, -0.2) is 3.63 Å². The zero-order chi connectivity index (χ0) is 43.8. The first-order valence-corrected chi connectivity index (χ1v) is 20.3. The van der Waals surface area contributed by atoms with E-state index in [2.05, 4.69) is 0 Å². The molecule has 7 nitrogen and oxygen atoms in total. The highest BCUT2D eigenvalue weighted by Gasteiger charge is 2.86. The number of ether oxygens (including phenoxy) is 4. The lowest BCUT2D eigenvalue weighted by atomic mass is 9.94. The summed E-state index contributed by atoms with van der Waals surface area (Å²) in [5.41, 5.74) is 1.23. The van der Waals surface area contributed by atoms with Crippen LogP contribution < -0.4 is 9.47 Å². The van der Waals surface area contributed by atoms with Gasteiger partial charge in [-0.15, -0.1) is 0 Å². The maximum atomic E-state index is 15.3. The van der Waals surface area contributed by atoms with Gasteiger partial charge in [-0.3, -0.25) is 0 Å². The standard InChI is InChI=1S/C42H33F9O7S2/c1-54-34-19-15-28-26-31(16-14-29(28)27-34)38(55-2,56-3)30-17-20-32(21-18-30)57-33-22-24-37(25-23-33)59(35-10-6-4-7-11-35,36-12-8-5-9-13-36)58-60(52,53)42(50,51)40(45,46)39(43,44)41(47,48)49/h4-27H,1-3H3. The van der Waals surface area contributed by atoms with Gasteiger partial charge in [0.1, 0.15) is 17.2 Å². The van der Waals surface area contributed by atoms with Crippen molar-refractivity contribution in [3.05, 3.63) is 157 Å². The molecule has 0 atom stereocenters. The Morgan fingerprint density at radius 2 is 0.900 bits per heavy atom. The van der Waals surface area contributed by atoms with Gasteiger partial charge in [0.25, 0.3) is 0 Å². The fraction of sp³-hybridized carbons (Fsp3) is 0.190. The van der Waals surface area contributed by atoms with E-state index >= 15 is 8.78 Å². The number of alkyl halides is 9. The Hall–Kier alpha value is -5.27. The topological polar surface area (TPSA) is 80.3 Å². The van der Waals surface area contributed by atoms with Gasteiger partial charge in [0.2, 0.25) is 5.79 Å². The quantitative estimate of drug-likeness (QED) is 0.0750. The second-order valence-corrected chi connectivity index (χ2v) is 17.4. The first-order valence-electron chi connectivity index (χ1n) is 17.4. The Labute approximate surface area is 339 Å². The first-order chi connectivity index (χ1) is 28.2. The molecule has 0 bridgehead atoms. The van der Waals surface area contributed by atoms with Gasteiger partial charge in [0, 0.05) is 40.0 Å². The van der Waals surface area contributed by atoms with Crippen LogP contribution in [0.15, 0.2) is 160 Å². The molecule has 18 heteroatoms. The third-order valence-electron chi connectivity index (χ3n) is 9.40. The lowest BCUT2D eigenvalue weighted by Gasteiger charge is -2.41. The zero-order valence-corrected chi connectivity index (χ0v) is 33.1. The molecule has 0 heterocycles. The molecule has 0 aliphatic rings. The molecule has 6 aromatic rings. The highest BCUT2D eigenvalue weighted by atomic mass is 32.3. The minimum Gasteiger partial charge on any atom is -0.497 e. The van der Waals surface area contributed by atoms with Crippen LogP contribution in [0.3, 0.4) is 0 Å². The summed E-state index contributed by atoms with van der Waals surface area (Å²) in [5.74, 6) is -15.3. The van der Waals surface area contributed by atoms with Crippen molar-refractivity contribution in [3.8, 4) is 17.2 Å². The molecule has 0 radical (unpaired) electrons. The van der Waals surface area contributed by atoms with Gasteiger partial charge in [0.05, 0.1) is 7.11 Å². The van der Waals surface area contributed by atoms with Crippen molar-refractivity contribution in [1.82, 2.24) is 0 Å². The number of rotatable bonds is 15. The van der Waals surface area contributed by atoms with Gasteiger partial charge in [-0.2, -0.15) is 47.9 Å². The smallest absolute Gasteiger partial charge is 0.460 e. The average Bonchev–Trinajstić information content (AvgIpc) is 3.24. The van der Waals surface area contributed by atoms with Crippen molar-refractivity contribution in [2.24, 2.45) is 0 Å². The molecule has 0 aliphatic carbocycles. The number of hydrogen-bond donors (Lipinski definition) is 0. The molecule has 6 rings (SSSR count). The summed E-state index contributed by atoms with van der Waals surface area (Å²) < 4.78 is 181. The second kappa shape index (κ2) is 16.3. The van der Waals surface area contributed by atoms with Crippen LogP contribution in [0.5, 0.6) is 17.2 Å². The summed E-state index contributed by atoms with van der Waals surface area (Å²) in [5, 5.41) is -5.31. The highest BCUT2D eigenvalue weighted by Crippen LogP contribution is 2.71. The second-order valence-electron chi connectivity index (χ2n) is 12.9. The van der Waals surface area contributed by atoms with E-state index in [9.17, 15) is 39.2 Å². The van der Waals surface area contributed by atoms with Crippen molar-refractivity contribution >= 4 is 31.2 Å². The Morgan fingerprint density at radius 1 is 0.467 bits per heavy atom. The summed E-state index contributed by atoms with van der Waals surface area (Å²) >= 11 is 0. The van der Waals surface area contributed by atoms with E-state index in [0.717, 1.165) is 22.9 Å². The van der Waals surface area contributed by atoms with E-state index in [1.54, 1.807) is 31.4 Å². The number of fused-ring (bicyclic) bond motifs is 1. The van der Waals surface area contributed by atoms with Crippen LogP contribution in [-0.4, -0.2) is 53.0 Å². The maximum Gasteiger partial charge on any atom is 0.460 e. The Kier molecular flexibility index (Phi) is 12.0. The molecule has 0 aromatic heterocycles. The normalized spacial score (nSPS) is 13.6. The van der Waals surface area contributed by atoms with Gasteiger partial charge in [0.15, 0.2) is 0 Å². The third-order valence-corrected chi connectivity index (χ3v) is 14.6. The van der Waals surface area contributed by atoms with Crippen LogP contribution in [0.2, 0.25) is 0 Å². The fourth-order valence-corrected chi connectivity index (χ4v) is 11.5. The summed E-state index contributed by atoms with van der Waals surface area (Å²) in [6, 6.07) is 35.5. The third kappa shape index (κ3) is 7.55. The maximum absolute atomic E-state index is 15.3. The molecule has 0 aliphatic heterocycles. The van der Waals surface area contributed by atoms with Gasteiger partial charge in [-0.05, 0) is 112 Å². The van der Waals surface area contributed by atoms with E-state index in [0.29, 0.717) is 16.9 Å². The molecule has 0 fully saturated rings. The molecule has 6 aromatic carbocycles. The van der Waals surface area contributed by atoms with Gasteiger partial charge < -0.3 is 18.9 Å². The molecular weight excluding hydrogens is 852 g/mol. The zero-order valence-electron chi connectivity index (χ0n) is 31.4. The van der Waals surface area contributed by atoms with Crippen molar-refractivity contribution in [2.45, 2.75) is 43.7 Å². The molecule has 318 valence electrons. The molecule has 60 heavy (non-hydrogen) atoms. The van der Waals surface area contributed by atoms with E-state index in [-0.39, 0.29) is 26.2 Å². The summed E-state index contributed by atoms with van der Waals surface area (Å²) in [6.45, 7) is 0. The number of methoxy groups -OCH3 is 3. The Morgan fingerprint density at radius 3 is 1.38 bits per heavy atom. The molecule has 0 N–H and O–H groups in total. The number of halogens is 9. The predicted octanol–water partition coefficient (Wildman–Crippen LogP) is 12.1. The van der Waals surface area contributed by atoms with E-state index < -0.39 is 49.5 Å². The number of benzene rings is 6. The first kappa shape index (κ1) is 44.3. The summed E-state index contributed by atoms with van der Waals surface area (Å²) in [4.78, 5) is -0.722. The van der Waals surface area contributed by atoms with Crippen molar-refractivity contribution in [1.29, 1.82) is 0 Å². The van der Waals surface area contributed by atoms with Crippen LogP contribution in [0.25, 0.3) is 10.8 Å².